The van der Waals surface area contributed by atoms with Gasteiger partial charge in [-0.25, -0.2) is 4.39 Å². The molecule has 0 saturated carbocycles. The van der Waals surface area contributed by atoms with Crippen LogP contribution >= 0.6 is 0 Å². The molecule has 26 heavy (non-hydrogen) atoms. The van der Waals surface area contributed by atoms with Crippen molar-refractivity contribution in [3.63, 3.8) is 0 Å². The molecule has 0 bridgehead atoms. The monoisotopic (exact) mass is 359 g/mol. The van der Waals surface area contributed by atoms with Crippen LogP contribution in [0.1, 0.15) is 70.8 Å². The summed E-state index contributed by atoms with van der Waals surface area (Å²) < 4.78 is 13.0. The Kier molecular flexibility index (Phi) is 8.87. The first-order valence-electron chi connectivity index (χ1n) is 10.3. The second kappa shape index (κ2) is 11.2. The fourth-order valence-electron chi connectivity index (χ4n) is 3.74. The molecule has 0 radical (unpaired) electrons. The second-order valence-corrected chi connectivity index (χ2v) is 7.50. The molecule has 0 spiro atoms. The van der Waals surface area contributed by atoms with Gasteiger partial charge < -0.3 is 4.90 Å². The van der Waals surface area contributed by atoms with E-state index in [1.807, 2.05) is 12.1 Å². The molecule has 2 rings (SSSR count). The number of benzene rings is 1. The van der Waals surface area contributed by atoms with Crippen LogP contribution in [0.2, 0.25) is 0 Å². The van der Waals surface area contributed by atoms with Gasteiger partial charge in [0.25, 0.3) is 0 Å². The number of piperidine rings is 1. The molecule has 1 fully saturated rings. The first kappa shape index (κ1) is 20.7. The Morgan fingerprint density at radius 1 is 1.08 bits per heavy atom. The van der Waals surface area contributed by atoms with Crippen LogP contribution in [0.25, 0.3) is 0 Å². The van der Waals surface area contributed by atoms with Gasteiger partial charge >= 0.3 is 0 Å². The summed E-state index contributed by atoms with van der Waals surface area (Å²) in [5, 5.41) is 0. The summed E-state index contributed by atoms with van der Waals surface area (Å²) in [6, 6.07) is 6.72. The van der Waals surface area contributed by atoms with Crippen LogP contribution in [0.4, 0.5) is 4.39 Å². The van der Waals surface area contributed by atoms with Crippen LogP contribution in [0.5, 0.6) is 0 Å². The van der Waals surface area contributed by atoms with Crippen LogP contribution < -0.4 is 0 Å². The fourth-order valence-corrected chi connectivity index (χ4v) is 3.74. The highest BCUT2D eigenvalue weighted by Crippen LogP contribution is 2.23. The smallest absolute Gasteiger partial charge is 0.225 e. The van der Waals surface area contributed by atoms with Crippen molar-refractivity contribution in [3.8, 4) is 0 Å². The molecule has 1 atom stereocenters. The molecule has 1 saturated heterocycles. The van der Waals surface area contributed by atoms with Crippen molar-refractivity contribution < 1.29 is 9.18 Å². The summed E-state index contributed by atoms with van der Waals surface area (Å²) in [5.41, 5.74) is 2.56. The van der Waals surface area contributed by atoms with Crippen LogP contribution in [0.15, 0.2) is 35.9 Å². The van der Waals surface area contributed by atoms with Crippen LogP contribution in [-0.2, 0) is 11.2 Å². The Morgan fingerprint density at radius 2 is 1.77 bits per heavy atom. The number of hydrogen-bond acceptors (Lipinski definition) is 1. The van der Waals surface area contributed by atoms with Gasteiger partial charge in [0, 0.05) is 19.0 Å². The van der Waals surface area contributed by atoms with Crippen molar-refractivity contribution in [2.45, 2.75) is 71.6 Å². The summed E-state index contributed by atoms with van der Waals surface area (Å²) in [4.78, 5) is 15.0. The Bertz CT molecular complexity index is 568. The highest BCUT2D eigenvalue weighted by atomic mass is 19.1. The largest absolute Gasteiger partial charge is 0.342 e. The number of halogens is 1. The summed E-state index contributed by atoms with van der Waals surface area (Å²) in [7, 11) is 0. The van der Waals surface area contributed by atoms with Gasteiger partial charge in [0.15, 0.2) is 0 Å². The van der Waals surface area contributed by atoms with Gasteiger partial charge in [0.05, 0.1) is 0 Å². The normalized spacial score (nSPS) is 15.8. The first-order chi connectivity index (χ1) is 12.6. The zero-order chi connectivity index (χ0) is 18.8. The van der Waals surface area contributed by atoms with E-state index >= 15 is 0 Å². The molecule has 1 heterocycles. The Hall–Kier alpha value is -1.64. The summed E-state index contributed by atoms with van der Waals surface area (Å²) in [6.45, 7) is 6.08. The predicted octanol–water partition coefficient (Wildman–Crippen LogP) is 5.91. The van der Waals surface area contributed by atoms with Crippen molar-refractivity contribution >= 4 is 5.91 Å². The number of unbranched alkanes of at least 4 members (excludes halogenated alkanes) is 2. The van der Waals surface area contributed by atoms with Crippen molar-refractivity contribution in [2.24, 2.45) is 5.92 Å². The zero-order valence-electron chi connectivity index (χ0n) is 16.5. The van der Waals surface area contributed by atoms with E-state index in [9.17, 15) is 9.18 Å². The van der Waals surface area contributed by atoms with Gasteiger partial charge in [-0.3, -0.25) is 4.79 Å². The quantitative estimate of drug-likeness (QED) is 0.396. The maximum absolute atomic E-state index is 13.0. The van der Waals surface area contributed by atoms with E-state index in [1.54, 1.807) is 0 Å². The number of nitrogens with zero attached hydrogens (tertiary/aromatic N) is 1. The molecule has 1 aliphatic heterocycles. The molecular formula is C23H34FNO. The van der Waals surface area contributed by atoms with Gasteiger partial charge in [0.2, 0.25) is 5.91 Å². The number of carbonyl (C=O) groups excluding carboxylic acids is 1. The molecule has 1 amide bonds. The minimum absolute atomic E-state index is 0.186. The third-order valence-electron chi connectivity index (χ3n) is 5.40. The van der Waals surface area contributed by atoms with E-state index in [4.69, 9.17) is 0 Å². The topological polar surface area (TPSA) is 20.3 Å². The van der Waals surface area contributed by atoms with Gasteiger partial charge in [-0.2, -0.15) is 0 Å². The molecule has 1 aromatic rings. The SMILES string of the molecule is CCCCC[C@H](CCC)C(=O)N1CCC(=CCc2ccc(F)cc2)CC1. The minimum atomic E-state index is -0.186. The van der Waals surface area contributed by atoms with Crippen molar-refractivity contribution in [2.75, 3.05) is 13.1 Å². The fraction of sp³-hybridized carbons (Fsp3) is 0.609. The predicted molar refractivity (Wildman–Crippen MR) is 107 cm³/mol. The maximum Gasteiger partial charge on any atom is 0.225 e. The van der Waals surface area contributed by atoms with E-state index in [1.165, 1.54) is 37.0 Å². The lowest BCUT2D eigenvalue weighted by Crippen LogP contribution is -2.40. The number of allylic oxidation sites excluding steroid dienone is 1. The number of likely N-dealkylation sites (tertiary alicyclic amines) is 1. The summed E-state index contributed by atoms with van der Waals surface area (Å²) in [6.07, 6.45) is 11.8. The third-order valence-corrected chi connectivity index (χ3v) is 5.40. The van der Waals surface area contributed by atoms with E-state index in [0.29, 0.717) is 5.91 Å². The molecule has 144 valence electrons. The molecule has 1 aromatic carbocycles. The molecule has 2 nitrogen and oxygen atoms in total. The minimum Gasteiger partial charge on any atom is -0.342 e. The van der Waals surface area contributed by atoms with E-state index in [2.05, 4.69) is 24.8 Å². The summed E-state index contributed by atoms with van der Waals surface area (Å²) >= 11 is 0. The van der Waals surface area contributed by atoms with E-state index < -0.39 is 0 Å². The molecule has 1 aliphatic rings. The number of amides is 1. The average Bonchev–Trinajstić information content (AvgIpc) is 2.67. The highest BCUT2D eigenvalue weighted by molar-refractivity contribution is 5.79. The summed E-state index contributed by atoms with van der Waals surface area (Å²) in [5.74, 6) is 0.408. The van der Waals surface area contributed by atoms with E-state index in [-0.39, 0.29) is 11.7 Å². The number of carbonyl (C=O) groups is 1. The second-order valence-electron chi connectivity index (χ2n) is 7.50. The van der Waals surface area contributed by atoms with Gasteiger partial charge in [-0.15, -0.1) is 0 Å². The van der Waals surface area contributed by atoms with Crippen molar-refractivity contribution in [1.29, 1.82) is 0 Å². The Labute approximate surface area is 158 Å². The highest BCUT2D eigenvalue weighted by Gasteiger charge is 2.25. The lowest BCUT2D eigenvalue weighted by molar-refractivity contribution is -0.136. The lowest BCUT2D eigenvalue weighted by atomic mass is 9.93. The molecular weight excluding hydrogens is 325 g/mol. The number of rotatable bonds is 9. The molecule has 3 heteroatoms. The molecule has 0 aromatic heterocycles. The Morgan fingerprint density at radius 3 is 2.38 bits per heavy atom. The van der Waals surface area contributed by atoms with Gasteiger partial charge in [-0.1, -0.05) is 63.3 Å². The molecule has 0 N–H and O–H groups in total. The third kappa shape index (κ3) is 6.59. The van der Waals surface area contributed by atoms with Gasteiger partial charge in [0.1, 0.15) is 5.82 Å². The lowest BCUT2D eigenvalue weighted by Gasteiger charge is -2.32. The van der Waals surface area contributed by atoms with E-state index in [0.717, 1.165) is 57.2 Å². The number of hydrogen-bond donors (Lipinski definition) is 0. The van der Waals surface area contributed by atoms with Crippen molar-refractivity contribution in [1.82, 2.24) is 4.90 Å². The maximum atomic E-state index is 13.0. The van der Waals surface area contributed by atoms with Crippen LogP contribution in [0.3, 0.4) is 0 Å². The molecule has 0 aliphatic carbocycles. The van der Waals surface area contributed by atoms with Gasteiger partial charge in [-0.05, 0) is 49.8 Å². The average molecular weight is 360 g/mol. The Balaban J connectivity index is 1.82. The van der Waals surface area contributed by atoms with Crippen molar-refractivity contribution in [3.05, 3.63) is 47.3 Å². The van der Waals surface area contributed by atoms with Crippen LogP contribution in [0, 0.1) is 11.7 Å². The first-order valence-corrected chi connectivity index (χ1v) is 10.3. The zero-order valence-corrected chi connectivity index (χ0v) is 16.5. The van der Waals surface area contributed by atoms with Crippen LogP contribution in [-0.4, -0.2) is 23.9 Å². The standard InChI is InChI=1S/C23H34FNO/c1-3-5-6-8-21(7-4-2)23(26)25-17-15-20(16-18-25)10-9-19-11-13-22(24)14-12-19/h10-14,21H,3-9,15-18H2,1-2H3/t21-/m0/s1. The molecule has 0 unspecified atom stereocenters.